The van der Waals surface area contributed by atoms with Gasteiger partial charge in [-0.15, -0.1) is 0 Å². The Morgan fingerprint density at radius 3 is 2.88 bits per heavy atom. The Hall–Kier alpha value is -1.17. The number of aliphatic hydroxyl groups excluding tert-OH is 2. The van der Waals surface area contributed by atoms with Crippen LogP contribution in [0.5, 0.6) is 0 Å². The lowest BCUT2D eigenvalue weighted by atomic mass is 10.0. The minimum Gasteiger partial charge on any atom is -0.466 e. The minimum atomic E-state index is -1.26. The van der Waals surface area contributed by atoms with Crippen LogP contribution in [0.2, 0.25) is 5.02 Å². The van der Waals surface area contributed by atoms with Crippen LogP contribution in [-0.2, 0) is 9.53 Å². The third-order valence-corrected chi connectivity index (χ3v) is 2.48. The van der Waals surface area contributed by atoms with Gasteiger partial charge in [0.1, 0.15) is 6.10 Å². The second kappa shape index (κ2) is 6.54. The van der Waals surface area contributed by atoms with Crippen LogP contribution in [0.3, 0.4) is 0 Å². The van der Waals surface area contributed by atoms with E-state index in [4.69, 9.17) is 11.6 Å². The molecule has 0 radical (unpaired) electrons. The second-order valence-electron chi connectivity index (χ2n) is 3.42. The van der Waals surface area contributed by atoms with Gasteiger partial charge in [-0.1, -0.05) is 11.6 Å². The molecular weight excluding hydrogens is 246 g/mol. The zero-order valence-corrected chi connectivity index (χ0v) is 10.1. The molecule has 0 bridgehead atoms. The first-order valence-corrected chi connectivity index (χ1v) is 5.55. The number of aliphatic hydroxyl groups is 2. The van der Waals surface area contributed by atoms with Crippen molar-refractivity contribution in [3.05, 3.63) is 29.0 Å². The summed E-state index contributed by atoms with van der Waals surface area (Å²) in [6.07, 6.45) is 0.0238. The molecule has 0 aliphatic heterocycles. The van der Waals surface area contributed by atoms with Crippen LogP contribution in [0.25, 0.3) is 0 Å². The quantitative estimate of drug-likeness (QED) is 0.774. The fourth-order valence-electron chi connectivity index (χ4n) is 1.34. The smallest absolute Gasteiger partial charge is 0.308 e. The van der Waals surface area contributed by atoms with Crippen molar-refractivity contribution >= 4 is 17.6 Å². The molecule has 2 N–H and O–H groups in total. The monoisotopic (exact) mass is 259 g/mol. The molecule has 94 valence electrons. The molecule has 0 saturated heterocycles. The summed E-state index contributed by atoms with van der Waals surface area (Å²) in [5.74, 6) is -0.566. The molecule has 17 heavy (non-hydrogen) atoms. The van der Waals surface area contributed by atoms with Gasteiger partial charge in [-0.2, -0.15) is 0 Å². The molecule has 2 unspecified atom stereocenters. The molecule has 6 heteroatoms. The lowest BCUT2D eigenvalue weighted by Crippen LogP contribution is -2.23. The fraction of sp³-hybridized carbons (Fsp3) is 0.455. The van der Waals surface area contributed by atoms with Crippen LogP contribution in [-0.4, -0.2) is 33.9 Å². The fourth-order valence-corrected chi connectivity index (χ4v) is 1.57. The van der Waals surface area contributed by atoms with Gasteiger partial charge in [0.15, 0.2) is 0 Å². The van der Waals surface area contributed by atoms with Gasteiger partial charge in [0.25, 0.3) is 0 Å². The van der Waals surface area contributed by atoms with E-state index in [2.05, 4.69) is 9.72 Å². The molecule has 1 aromatic heterocycles. The van der Waals surface area contributed by atoms with Gasteiger partial charge in [-0.25, -0.2) is 0 Å². The molecule has 2 atom stereocenters. The summed E-state index contributed by atoms with van der Waals surface area (Å²) in [5.41, 5.74) is 0.332. The Labute approximate surface area is 104 Å². The van der Waals surface area contributed by atoms with E-state index in [1.165, 1.54) is 18.5 Å². The van der Waals surface area contributed by atoms with Gasteiger partial charge >= 0.3 is 5.97 Å². The van der Waals surface area contributed by atoms with Gasteiger partial charge in [-0.05, 0) is 13.0 Å². The topological polar surface area (TPSA) is 79.7 Å². The standard InChI is InChI=1S/C11H14ClNO4/c1-2-17-10(15)5-9(14)11(16)7-3-4-13-6-8(7)12/h3-4,6,9,11,14,16H,2,5H2,1H3. The largest absolute Gasteiger partial charge is 0.466 e. The van der Waals surface area contributed by atoms with Crippen molar-refractivity contribution in [3.63, 3.8) is 0 Å². The maximum atomic E-state index is 11.1. The summed E-state index contributed by atoms with van der Waals surface area (Å²) in [5, 5.41) is 19.7. The van der Waals surface area contributed by atoms with Crippen LogP contribution in [0.1, 0.15) is 25.0 Å². The van der Waals surface area contributed by atoms with Crippen LogP contribution < -0.4 is 0 Å². The number of esters is 1. The third kappa shape index (κ3) is 3.96. The number of hydrogen-bond donors (Lipinski definition) is 2. The summed E-state index contributed by atoms with van der Waals surface area (Å²) in [7, 11) is 0. The van der Waals surface area contributed by atoms with Gasteiger partial charge in [0.05, 0.1) is 24.2 Å². The van der Waals surface area contributed by atoms with E-state index in [0.717, 1.165) is 0 Å². The molecule has 5 nitrogen and oxygen atoms in total. The van der Waals surface area contributed by atoms with Crippen LogP contribution >= 0.6 is 11.6 Å². The number of carbonyl (C=O) groups is 1. The van der Waals surface area contributed by atoms with Crippen LogP contribution in [0.15, 0.2) is 18.5 Å². The van der Waals surface area contributed by atoms with Gasteiger partial charge in [0.2, 0.25) is 0 Å². The molecule has 1 rings (SSSR count). The highest BCUT2D eigenvalue weighted by atomic mass is 35.5. The normalized spacial score (nSPS) is 14.1. The van der Waals surface area contributed by atoms with Crippen molar-refractivity contribution in [1.82, 2.24) is 4.98 Å². The molecule has 0 spiro atoms. The van der Waals surface area contributed by atoms with E-state index in [1.54, 1.807) is 6.92 Å². The summed E-state index contributed by atoms with van der Waals surface area (Å²) < 4.78 is 4.67. The first-order chi connectivity index (χ1) is 8.06. The summed E-state index contributed by atoms with van der Waals surface area (Å²) in [4.78, 5) is 14.9. The predicted molar refractivity (Wildman–Crippen MR) is 61.5 cm³/mol. The number of pyridine rings is 1. The van der Waals surface area contributed by atoms with Crippen molar-refractivity contribution in [2.24, 2.45) is 0 Å². The van der Waals surface area contributed by atoms with Crippen molar-refractivity contribution in [2.45, 2.75) is 25.6 Å². The van der Waals surface area contributed by atoms with E-state index in [9.17, 15) is 15.0 Å². The predicted octanol–water partition coefficient (Wildman–Crippen LogP) is 1.08. The number of ether oxygens (including phenoxy) is 1. The highest BCUT2D eigenvalue weighted by Gasteiger charge is 2.23. The maximum Gasteiger partial charge on any atom is 0.308 e. The number of hydrogen-bond acceptors (Lipinski definition) is 5. The lowest BCUT2D eigenvalue weighted by molar-refractivity contribution is -0.147. The number of aromatic nitrogens is 1. The van der Waals surface area contributed by atoms with Crippen molar-refractivity contribution in [2.75, 3.05) is 6.61 Å². The molecule has 0 saturated carbocycles. The first kappa shape index (κ1) is 13.9. The van der Waals surface area contributed by atoms with E-state index in [1.807, 2.05) is 0 Å². The minimum absolute atomic E-state index is 0.234. The van der Waals surface area contributed by atoms with Gasteiger partial charge in [-0.3, -0.25) is 9.78 Å². The zero-order valence-electron chi connectivity index (χ0n) is 9.34. The summed E-state index contributed by atoms with van der Waals surface area (Å²) in [6.45, 7) is 1.90. The number of halogens is 1. The van der Waals surface area contributed by atoms with Crippen LogP contribution in [0.4, 0.5) is 0 Å². The van der Waals surface area contributed by atoms with E-state index in [0.29, 0.717) is 5.56 Å². The Morgan fingerprint density at radius 2 is 2.29 bits per heavy atom. The Bertz CT molecular complexity index is 385. The van der Waals surface area contributed by atoms with Crippen molar-refractivity contribution < 1.29 is 19.7 Å². The Morgan fingerprint density at radius 1 is 1.59 bits per heavy atom. The number of carbonyl (C=O) groups excluding carboxylic acids is 1. The Balaban J connectivity index is 2.67. The van der Waals surface area contributed by atoms with Crippen molar-refractivity contribution in [1.29, 1.82) is 0 Å². The molecular formula is C11H14ClNO4. The highest BCUT2D eigenvalue weighted by molar-refractivity contribution is 6.31. The lowest BCUT2D eigenvalue weighted by Gasteiger charge is -2.18. The summed E-state index contributed by atoms with van der Waals surface area (Å²) >= 11 is 5.81. The van der Waals surface area contributed by atoms with E-state index in [-0.39, 0.29) is 18.1 Å². The molecule has 1 aromatic rings. The van der Waals surface area contributed by atoms with Crippen molar-refractivity contribution in [3.8, 4) is 0 Å². The number of nitrogens with zero attached hydrogens (tertiary/aromatic N) is 1. The SMILES string of the molecule is CCOC(=O)CC(O)C(O)c1ccncc1Cl. The van der Waals surface area contributed by atoms with Gasteiger partial charge < -0.3 is 14.9 Å². The summed E-state index contributed by atoms with van der Waals surface area (Å²) in [6, 6.07) is 1.49. The molecule has 0 amide bonds. The zero-order chi connectivity index (χ0) is 12.8. The molecule has 1 heterocycles. The molecule has 0 aliphatic rings. The van der Waals surface area contributed by atoms with Gasteiger partial charge in [0, 0.05) is 18.0 Å². The average Bonchev–Trinajstić information content (AvgIpc) is 2.29. The second-order valence-corrected chi connectivity index (χ2v) is 3.83. The Kier molecular flexibility index (Phi) is 5.34. The number of rotatable bonds is 5. The average molecular weight is 260 g/mol. The third-order valence-electron chi connectivity index (χ3n) is 2.17. The maximum absolute atomic E-state index is 11.1. The first-order valence-electron chi connectivity index (χ1n) is 5.17. The van der Waals surface area contributed by atoms with E-state index >= 15 is 0 Å². The van der Waals surface area contributed by atoms with E-state index < -0.39 is 18.2 Å². The molecule has 0 fully saturated rings. The van der Waals surface area contributed by atoms with Crippen LogP contribution in [0, 0.1) is 0 Å². The molecule has 0 aliphatic carbocycles. The molecule has 0 aromatic carbocycles. The highest BCUT2D eigenvalue weighted by Crippen LogP contribution is 2.25.